The summed E-state index contributed by atoms with van der Waals surface area (Å²) in [6, 6.07) is 5.35. The van der Waals surface area contributed by atoms with E-state index in [1.54, 1.807) is 26.0 Å². The number of hydrogen-bond donors (Lipinski definition) is 4. The van der Waals surface area contributed by atoms with Gasteiger partial charge in [-0.1, -0.05) is 43.0 Å². The average molecular weight is 459 g/mol. The highest BCUT2D eigenvalue weighted by Crippen LogP contribution is 2.33. The van der Waals surface area contributed by atoms with Crippen LogP contribution in [-0.2, 0) is 6.54 Å². The van der Waals surface area contributed by atoms with Crippen LogP contribution < -0.4 is 10.6 Å². The van der Waals surface area contributed by atoms with Gasteiger partial charge in [0.1, 0.15) is 5.75 Å². The normalized spacial score (nSPS) is 16.3. The number of anilines is 2. The number of nitrogens with zero attached hydrogens (tertiary/aromatic N) is 4. The van der Waals surface area contributed by atoms with Gasteiger partial charge in [0.15, 0.2) is 17.0 Å². The monoisotopic (exact) mass is 458 g/mol. The molecule has 1 unspecified atom stereocenters. The molecule has 1 aliphatic carbocycles. The first kappa shape index (κ1) is 22.6. The zero-order valence-electron chi connectivity index (χ0n) is 18.8. The molecule has 0 radical (unpaired) electrons. The number of imidazole rings is 1. The molecule has 0 amide bonds. The molecular weight excluding hydrogens is 428 g/mol. The predicted octanol–water partition coefficient (Wildman–Crippen LogP) is 4.87. The minimum atomic E-state index is -0.942. The largest absolute Gasteiger partial charge is 0.506 e. The number of aromatic nitrogens is 4. The molecule has 2 aromatic heterocycles. The van der Waals surface area contributed by atoms with Crippen LogP contribution in [0.4, 0.5) is 11.8 Å². The van der Waals surface area contributed by atoms with Crippen LogP contribution in [-0.4, -0.2) is 41.4 Å². The number of nitrogens with one attached hydrogen (secondary N) is 2. The second kappa shape index (κ2) is 9.11. The summed E-state index contributed by atoms with van der Waals surface area (Å²) in [5.41, 5.74) is 1.16. The molecule has 1 atom stereocenters. The molecule has 2 heterocycles. The second-order valence-electron chi connectivity index (χ2n) is 9.13. The van der Waals surface area contributed by atoms with Crippen molar-refractivity contribution in [2.45, 2.75) is 77.1 Å². The zero-order chi connectivity index (χ0) is 22.9. The molecule has 0 saturated heterocycles. The van der Waals surface area contributed by atoms with Crippen molar-refractivity contribution >= 4 is 34.5 Å². The van der Waals surface area contributed by atoms with Gasteiger partial charge in [0, 0.05) is 18.2 Å². The molecule has 1 aromatic carbocycles. The molecule has 172 valence electrons. The Morgan fingerprint density at radius 3 is 2.69 bits per heavy atom. The van der Waals surface area contributed by atoms with E-state index in [9.17, 15) is 10.2 Å². The van der Waals surface area contributed by atoms with Gasteiger partial charge in [0.05, 0.1) is 23.0 Å². The minimum absolute atomic E-state index is 0.0497. The van der Waals surface area contributed by atoms with E-state index in [4.69, 9.17) is 16.6 Å². The summed E-state index contributed by atoms with van der Waals surface area (Å²) in [6.45, 7) is 5.71. The van der Waals surface area contributed by atoms with Crippen LogP contribution in [0.15, 0.2) is 24.5 Å². The SMILES string of the molecule is CC(Nc1nc(NCc2cccc(Cl)c2O)c2ncn(C3CCCCC3)c2n1)C(C)(C)O. The first-order valence-corrected chi connectivity index (χ1v) is 11.6. The summed E-state index contributed by atoms with van der Waals surface area (Å²) < 4.78 is 2.15. The van der Waals surface area contributed by atoms with Crippen molar-refractivity contribution in [1.29, 1.82) is 0 Å². The Bertz CT molecular complexity index is 1090. The number of hydrogen-bond acceptors (Lipinski definition) is 7. The van der Waals surface area contributed by atoms with Gasteiger partial charge < -0.3 is 25.4 Å². The van der Waals surface area contributed by atoms with E-state index in [1.165, 1.54) is 19.3 Å². The van der Waals surface area contributed by atoms with Gasteiger partial charge in [-0.15, -0.1) is 0 Å². The van der Waals surface area contributed by atoms with E-state index in [2.05, 4.69) is 25.2 Å². The van der Waals surface area contributed by atoms with Gasteiger partial charge in [-0.25, -0.2) is 4.98 Å². The lowest BCUT2D eigenvalue weighted by Crippen LogP contribution is -2.39. The maximum atomic E-state index is 10.4. The Morgan fingerprint density at radius 2 is 1.97 bits per heavy atom. The Morgan fingerprint density at radius 1 is 1.22 bits per heavy atom. The molecule has 3 aromatic rings. The van der Waals surface area contributed by atoms with Crippen LogP contribution in [0, 0.1) is 0 Å². The van der Waals surface area contributed by atoms with Crippen LogP contribution in [0.1, 0.15) is 64.5 Å². The van der Waals surface area contributed by atoms with Crippen LogP contribution in [0.3, 0.4) is 0 Å². The highest BCUT2D eigenvalue weighted by atomic mass is 35.5. The highest BCUT2D eigenvalue weighted by molar-refractivity contribution is 6.32. The summed E-state index contributed by atoms with van der Waals surface area (Å²) in [6.07, 6.45) is 7.74. The first-order valence-electron chi connectivity index (χ1n) is 11.2. The van der Waals surface area contributed by atoms with Gasteiger partial charge in [0.2, 0.25) is 5.95 Å². The Labute approximate surface area is 193 Å². The summed E-state index contributed by atoms with van der Waals surface area (Å²) in [7, 11) is 0. The van der Waals surface area contributed by atoms with Crippen molar-refractivity contribution in [2.24, 2.45) is 0 Å². The molecule has 4 rings (SSSR count). The minimum Gasteiger partial charge on any atom is -0.506 e. The van der Waals surface area contributed by atoms with Crippen molar-refractivity contribution in [2.75, 3.05) is 10.6 Å². The fourth-order valence-corrected chi connectivity index (χ4v) is 4.18. The third kappa shape index (κ3) is 4.76. The van der Waals surface area contributed by atoms with Crippen molar-refractivity contribution in [3.05, 3.63) is 35.1 Å². The van der Waals surface area contributed by atoms with E-state index in [-0.39, 0.29) is 11.8 Å². The number of halogens is 1. The molecule has 4 N–H and O–H groups in total. The van der Waals surface area contributed by atoms with Crippen molar-refractivity contribution < 1.29 is 10.2 Å². The van der Waals surface area contributed by atoms with E-state index >= 15 is 0 Å². The third-order valence-electron chi connectivity index (χ3n) is 6.31. The van der Waals surface area contributed by atoms with Gasteiger partial charge in [-0.2, -0.15) is 9.97 Å². The van der Waals surface area contributed by atoms with Crippen LogP contribution in [0.2, 0.25) is 5.02 Å². The number of phenolic OH excluding ortho intramolecular Hbond substituents is 1. The molecule has 0 bridgehead atoms. The first-order chi connectivity index (χ1) is 15.2. The third-order valence-corrected chi connectivity index (χ3v) is 6.62. The fraction of sp³-hybridized carbons (Fsp3) is 0.522. The number of fused-ring (bicyclic) bond motifs is 1. The Kier molecular flexibility index (Phi) is 6.44. The van der Waals surface area contributed by atoms with Crippen molar-refractivity contribution in [3.8, 4) is 5.75 Å². The lowest BCUT2D eigenvalue weighted by Gasteiger charge is -2.27. The fourth-order valence-electron chi connectivity index (χ4n) is 3.98. The molecule has 32 heavy (non-hydrogen) atoms. The summed E-state index contributed by atoms with van der Waals surface area (Å²) in [5.74, 6) is 1.03. The second-order valence-corrected chi connectivity index (χ2v) is 9.54. The van der Waals surface area contributed by atoms with Crippen LogP contribution >= 0.6 is 11.6 Å². The van der Waals surface area contributed by atoms with Crippen molar-refractivity contribution in [1.82, 2.24) is 19.5 Å². The highest BCUT2D eigenvalue weighted by Gasteiger charge is 2.25. The number of benzene rings is 1. The average Bonchev–Trinajstić information content (AvgIpc) is 3.18. The molecule has 9 heteroatoms. The molecule has 8 nitrogen and oxygen atoms in total. The molecule has 1 saturated carbocycles. The Balaban J connectivity index is 1.70. The van der Waals surface area contributed by atoms with Gasteiger partial charge >= 0.3 is 0 Å². The van der Waals surface area contributed by atoms with Gasteiger partial charge in [-0.3, -0.25) is 0 Å². The predicted molar refractivity (Wildman–Crippen MR) is 127 cm³/mol. The van der Waals surface area contributed by atoms with E-state index in [1.807, 2.05) is 19.3 Å². The molecular formula is C23H31ClN6O2. The molecule has 0 spiro atoms. The van der Waals surface area contributed by atoms with Crippen LogP contribution in [0.5, 0.6) is 5.75 Å². The lowest BCUT2D eigenvalue weighted by atomic mass is 9.95. The molecule has 0 aliphatic heterocycles. The number of phenols is 1. The van der Waals surface area contributed by atoms with Crippen molar-refractivity contribution in [3.63, 3.8) is 0 Å². The Hall–Kier alpha value is -2.58. The van der Waals surface area contributed by atoms with Gasteiger partial charge in [0.25, 0.3) is 0 Å². The van der Waals surface area contributed by atoms with E-state index in [0.717, 1.165) is 18.5 Å². The quantitative estimate of drug-likeness (QED) is 0.399. The molecule has 1 aliphatic rings. The number of rotatable bonds is 7. The summed E-state index contributed by atoms with van der Waals surface area (Å²) in [4.78, 5) is 14.0. The van der Waals surface area contributed by atoms with E-state index in [0.29, 0.717) is 40.5 Å². The smallest absolute Gasteiger partial charge is 0.227 e. The number of aromatic hydroxyl groups is 1. The van der Waals surface area contributed by atoms with Gasteiger partial charge in [-0.05, 0) is 39.7 Å². The topological polar surface area (TPSA) is 108 Å². The number of para-hydroxylation sites is 1. The maximum Gasteiger partial charge on any atom is 0.227 e. The van der Waals surface area contributed by atoms with E-state index < -0.39 is 5.60 Å². The molecule has 1 fully saturated rings. The van der Waals surface area contributed by atoms with Crippen LogP contribution in [0.25, 0.3) is 11.2 Å². The zero-order valence-corrected chi connectivity index (χ0v) is 19.5. The lowest BCUT2D eigenvalue weighted by molar-refractivity contribution is 0.0646. The number of aliphatic hydroxyl groups is 1. The maximum absolute atomic E-state index is 10.4. The summed E-state index contributed by atoms with van der Waals surface area (Å²) in [5, 5.41) is 27.5. The summed E-state index contributed by atoms with van der Waals surface area (Å²) >= 11 is 6.05. The standard InChI is InChI=1S/C23H31ClN6O2/c1-14(23(2,3)32)27-22-28-20(25-12-15-8-7-11-17(24)19(15)31)18-21(29-22)30(13-26-18)16-9-5-4-6-10-16/h7-8,11,13-14,16,31-32H,4-6,9-10,12H2,1-3H3,(H2,25,27,28,29).